The van der Waals surface area contributed by atoms with Crippen molar-refractivity contribution in [3.63, 3.8) is 0 Å². The minimum Gasteiger partial charge on any atom is -0.358 e. The number of hydrogen-bond acceptors (Lipinski definition) is 4. The van der Waals surface area contributed by atoms with E-state index in [-0.39, 0.29) is 10.9 Å². The molecule has 2 N–H and O–H groups in total. The Kier molecular flexibility index (Phi) is 5.82. The molecule has 1 heterocycles. The Morgan fingerprint density at radius 2 is 1.92 bits per heavy atom. The predicted octanol–water partition coefficient (Wildman–Crippen LogP) is 0.872. The van der Waals surface area contributed by atoms with Gasteiger partial charge >= 0.3 is 0 Å². The molecule has 0 radical (unpaired) electrons. The lowest BCUT2D eigenvalue weighted by Gasteiger charge is -2.23. The van der Waals surface area contributed by atoms with Crippen LogP contribution in [0.25, 0.3) is 0 Å². The Hall–Kier alpha value is -2.09. The summed E-state index contributed by atoms with van der Waals surface area (Å²) in [6, 6.07) is 6.60. The first-order valence-corrected chi connectivity index (χ1v) is 9.42. The van der Waals surface area contributed by atoms with Gasteiger partial charge in [-0.05, 0) is 30.0 Å². The number of guanidine groups is 1. The van der Waals surface area contributed by atoms with Gasteiger partial charge in [0.1, 0.15) is 0 Å². The van der Waals surface area contributed by atoms with E-state index in [1.54, 1.807) is 29.2 Å². The molecule has 0 saturated carbocycles. The van der Waals surface area contributed by atoms with Crippen molar-refractivity contribution in [2.75, 3.05) is 26.2 Å². The summed E-state index contributed by atoms with van der Waals surface area (Å²) < 4.78 is 26.7. The van der Waals surface area contributed by atoms with Gasteiger partial charge in [-0.25, -0.2) is 12.7 Å². The topological polar surface area (TPSA) is 93.6 Å². The minimum absolute atomic E-state index is 0.0444. The molecule has 132 valence electrons. The fraction of sp³-hybridized carbons (Fsp3) is 0.500. The van der Waals surface area contributed by atoms with E-state index in [1.807, 2.05) is 13.8 Å². The molecule has 24 heavy (non-hydrogen) atoms. The van der Waals surface area contributed by atoms with E-state index in [0.29, 0.717) is 44.9 Å². The highest BCUT2D eigenvalue weighted by molar-refractivity contribution is 7.89. The van der Waals surface area contributed by atoms with Crippen LogP contribution in [0.3, 0.4) is 0 Å². The molecule has 1 aromatic rings. The molecule has 1 amide bonds. The lowest BCUT2D eigenvalue weighted by Crippen LogP contribution is -2.38. The van der Waals surface area contributed by atoms with Gasteiger partial charge in [-0.1, -0.05) is 26.0 Å². The van der Waals surface area contributed by atoms with E-state index < -0.39 is 10.0 Å². The summed E-state index contributed by atoms with van der Waals surface area (Å²) in [5, 5.41) is 10.7. The molecule has 0 aliphatic carbocycles. The van der Waals surface area contributed by atoms with Crippen LogP contribution >= 0.6 is 0 Å². The summed E-state index contributed by atoms with van der Waals surface area (Å²) in [6.07, 6.45) is 1.28. The largest absolute Gasteiger partial charge is 0.358 e. The van der Waals surface area contributed by atoms with Crippen molar-refractivity contribution in [1.82, 2.24) is 14.5 Å². The van der Waals surface area contributed by atoms with Gasteiger partial charge < -0.3 is 10.2 Å². The molecule has 0 atom stereocenters. The molecule has 8 heteroatoms. The zero-order valence-corrected chi connectivity index (χ0v) is 14.8. The summed E-state index contributed by atoms with van der Waals surface area (Å²) in [5.41, 5.74) is 0.946. The summed E-state index contributed by atoms with van der Waals surface area (Å²) >= 11 is 0. The lowest BCUT2D eigenvalue weighted by molar-refractivity contribution is -0.109. The van der Waals surface area contributed by atoms with Crippen molar-refractivity contribution in [2.45, 2.75) is 25.2 Å². The molecule has 0 bridgehead atoms. The van der Waals surface area contributed by atoms with Gasteiger partial charge in [-0.15, -0.1) is 0 Å². The second kappa shape index (κ2) is 7.65. The molecule has 0 unspecified atom stereocenters. The highest BCUT2D eigenvalue weighted by atomic mass is 32.2. The zero-order chi connectivity index (χ0) is 17.7. The van der Waals surface area contributed by atoms with Gasteiger partial charge in [-0.2, -0.15) is 0 Å². The number of nitrogens with one attached hydrogen (secondary N) is 2. The van der Waals surface area contributed by atoms with Gasteiger partial charge in [-0.3, -0.25) is 10.2 Å². The molecule has 1 fully saturated rings. The maximum atomic E-state index is 12.7. The molecule has 0 aromatic heterocycles. The van der Waals surface area contributed by atoms with Crippen LogP contribution in [0.1, 0.15) is 19.4 Å². The van der Waals surface area contributed by atoms with Crippen LogP contribution in [0.2, 0.25) is 0 Å². The van der Waals surface area contributed by atoms with Crippen molar-refractivity contribution >= 4 is 22.4 Å². The van der Waals surface area contributed by atoms with Crippen molar-refractivity contribution in [2.24, 2.45) is 5.92 Å². The predicted molar refractivity (Wildman–Crippen MR) is 92.2 cm³/mol. The first-order valence-electron chi connectivity index (χ1n) is 7.98. The van der Waals surface area contributed by atoms with Gasteiger partial charge in [0.05, 0.1) is 11.4 Å². The van der Waals surface area contributed by atoms with E-state index >= 15 is 0 Å². The molecular weight excluding hydrogens is 328 g/mol. The number of amides is 1. The van der Waals surface area contributed by atoms with Crippen molar-refractivity contribution in [3.8, 4) is 0 Å². The molecule has 1 aliphatic rings. The smallest absolute Gasteiger partial charge is 0.266 e. The van der Waals surface area contributed by atoms with Crippen LogP contribution < -0.4 is 5.32 Å². The Labute approximate surface area is 143 Å². The average molecular weight is 352 g/mol. The van der Waals surface area contributed by atoms with Crippen molar-refractivity contribution < 1.29 is 13.2 Å². The van der Waals surface area contributed by atoms with Gasteiger partial charge in [0.2, 0.25) is 12.4 Å². The number of nitrogens with zero attached hydrogens (tertiary/aromatic N) is 2. The Morgan fingerprint density at radius 3 is 2.50 bits per heavy atom. The summed E-state index contributed by atoms with van der Waals surface area (Å²) in [5.74, 6) is 0.412. The van der Waals surface area contributed by atoms with Gasteiger partial charge in [0.15, 0.2) is 0 Å². The Bertz CT molecular complexity index is 686. The second-order valence-electron chi connectivity index (χ2n) is 6.21. The van der Waals surface area contributed by atoms with Crippen molar-refractivity contribution in [3.05, 3.63) is 29.8 Å². The summed E-state index contributed by atoms with van der Waals surface area (Å²) in [4.78, 5) is 12.2. The molecule has 7 nitrogen and oxygen atoms in total. The third-order valence-electron chi connectivity index (χ3n) is 3.85. The molecule has 1 aromatic carbocycles. The quantitative estimate of drug-likeness (QED) is 0.536. The molecule has 1 aliphatic heterocycles. The van der Waals surface area contributed by atoms with Crippen LogP contribution in [-0.2, 0) is 21.2 Å². The highest BCUT2D eigenvalue weighted by Crippen LogP contribution is 2.21. The van der Waals surface area contributed by atoms with Crippen LogP contribution in [0, 0.1) is 11.3 Å². The average Bonchev–Trinajstić information content (AvgIpc) is 2.89. The monoisotopic (exact) mass is 352 g/mol. The molecular formula is C16H24N4O3S. The van der Waals surface area contributed by atoms with E-state index in [4.69, 9.17) is 5.41 Å². The summed E-state index contributed by atoms with van der Waals surface area (Å²) in [6.45, 7) is 6.12. The second-order valence-corrected chi connectivity index (χ2v) is 8.07. The maximum absolute atomic E-state index is 12.7. The number of carbonyl (C=O) groups is 1. The van der Waals surface area contributed by atoms with Crippen molar-refractivity contribution in [1.29, 1.82) is 5.41 Å². The van der Waals surface area contributed by atoms with E-state index in [0.717, 1.165) is 5.56 Å². The third-order valence-corrected chi connectivity index (χ3v) is 5.65. The molecule has 1 saturated heterocycles. The number of benzene rings is 1. The minimum atomic E-state index is -3.70. The third kappa shape index (κ3) is 4.05. The fourth-order valence-electron chi connectivity index (χ4n) is 2.66. The summed E-state index contributed by atoms with van der Waals surface area (Å²) in [7, 11) is -3.70. The van der Waals surface area contributed by atoms with E-state index in [2.05, 4.69) is 5.32 Å². The lowest BCUT2D eigenvalue weighted by atomic mass is 10.1. The number of rotatable bonds is 8. The fourth-order valence-corrected chi connectivity index (χ4v) is 4.06. The van der Waals surface area contributed by atoms with E-state index in [1.165, 1.54) is 4.31 Å². The first kappa shape index (κ1) is 18.3. The number of carbonyl (C=O) groups excluding carboxylic acids is 1. The normalized spacial score (nSPS) is 15.2. The van der Waals surface area contributed by atoms with Crippen LogP contribution in [0.4, 0.5) is 0 Å². The number of sulfonamides is 1. The van der Waals surface area contributed by atoms with E-state index in [9.17, 15) is 13.2 Å². The zero-order valence-electron chi connectivity index (χ0n) is 14.0. The number of hydrogen-bond donors (Lipinski definition) is 2. The standard InChI is InChI=1S/C16H24N4O3S/c1-13(2)11-19-9-10-20(16(19)17)24(22,23)15-5-3-14(4-6-15)7-8-18-12-21/h3-6,12-13,17H,7-11H2,1-2H3,(H,18,21). The van der Waals surface area contributed by atoms with Crippen LogP contribution in [0.5, 0.6) is 0 Å². The first-order chi connectivity index (χ1) is 11.4. The maximum Gasteiger partial charge on any atom is 0.266 e. The van der Waals surface area contributed by atoms with Crippen LogP contribution in [0.15, 0.2) is 29.2 Å². The molecule has 2 rings (SSSR count). The van der Waals surface area contributed by atoms with Gasteiger partial charge in [0.25, 0.3) is 10.0 Å². The molecule has 0 spiro atoms. The Balaban J connectivity index is 2.10. The Morgan fingerprint density at radius 1 is 1.25 bits per heavy atom. The SMILES string of the molecule is CC(C)CN1CCN(S(=O)(=O)c2ccc(CCNC=O)cc2)C1=N. The van der Waals surface area contributed by atoms with Gasteiger partial charge in [0, 0.05) is 19.6 Å². The van der Waals surface area contributed by atoms with Crippen LogP contribution in [-0.4, -0.2) is 56.2 Å². The highest BCUT2D eigenvalue weighted by Gasteiger charge is 2.35.